The summed E-state index contributed by atoms with van der Waals surface area (Å²) in [4.78, 5) is 11.5. The summed E-state index contributed by atoms with van der Waals surface area (Å²) in [6.07, 6.45) is 0. The number of nitrogens with one attached hydrogen (secondary N) is 1. The predicted molar refractivity (Wildman–Crippen MR) is 80.1 cm³/mol. The van der Waals surface area contributed by atoms with E-state index in [0.29, 0.717) is 11.6 Å². The molecule has 1 heterocycles. The standard InChI is InChI=1S/C16H16N2O3/c1-2-17-16(19)18(20)10-11-7-8-13-12-5-3-4-6-14(12)21-15(13)9-11/h3-9,20H,2,10H2,1H3,(H,17,19). The van der Waals surface area contributed by atoms with Gasteiger partial charge in [-0.25, -0.2) is 9.86 Å². The van der Waals surface area contributed by atoms with Crippen LogP contribution in [-0.2, 0) is 6.54 Å². The number of carbonyl (C=O) groups excluding carboxylic acids is 1. The van der Waals surface area contributed by atoms with Gasteiger partial charge in [-0.3, -0.25) is 5.21 Å². The van der Waals surface area contributed by atoms with Crippen molar-refractivity contribution < 1.29 is 14.4 Å². The number of amides is 2. The van der Waals surface area contributed by atoms with Gasteiger partial charge >= 0.3 is 6.03 Å². The number of para-hydroxylation sites is 1. The fraction of sp³-hybridized carbons (Fsp3) is 0.188. The van der Waals surface area contributed by atoms with E-state index in [4.69, 9.17) is 4.42 Å². The molecule has 0 radical (unpaired) electrons. The number of hydrogen-bond donors (Lipinski definition) is 2. The Balaban J connectivity index is 1.91. The largest absolute Gasteiger partial charge is 0.456 e. The Hall–Kier alpha value is -2.53. The molecule has 0 atom stereocenters. The number of carbonyl (C=O) groups is 1. The molecule has 0 aliphatic heterocycles. The molecule has 21 heavy (non-hydrogen) atoms. The second-order valence-electron chi connectivity index (χ2n) is 4.82. The second kappa shape index (κ2) is 5.46. The van der Waals surface area contributed by atoms with Gasteiger partial charge in [0.1, 0.15) is 11.2 Å². The van der Waals surface area contributed by atoms with Crippen molar-refractivity contribution in [3.63, 3.8) is 0 Å². The molecule has 0 aliphatic rings. The maximum Gasteiger partial charge on any atom is 0.341 e. The molecular formula is C16H16N2O3. The summed E-state index contributed by atoms with van der Waals surface area (Å²) in [5, 5.41) is 15.0. The van der Waals surface area contributed by atoms with Crippen molar-refractivity contribution >= 4 is 28.0 Å². The molecule has 3 rings (SSSR count). The van der Waals surface area contributed by atoms with E-state index in [1.165, 1.54) is 0 Å². The maximum absolute atomic E-state index is 11.5. The number of rotatable bonds is 3. The van der Waals surface area contributed by atoms with Gasteiger partial charge in [-0.05, 0) is 24.6 Å². The molecule has 5 heteroatoms. The van der Waals surface area contributed by atoms with Gasteiger partial charge < -0.3 is 9.73 Å². The molecule has 108 valence electrons. The Morgan fingerprint density at radius 1 is 1.19 bits per heavy atom. The molecule has 2 aromatic carbocycles. The van der Waals surface area contributed by atoms with Gasteiger partial charge in [-0.1, -0.05) is 30.3 Å². The van der Waals surface area contributed by atoms with Gasteiger partial charge in [0.2, 0.25) is 0 Å². The van der Waals surface area contributed by atoms with Crippen molar-refractivity contribution in [2.45, 2.75) is 13.5 Å². The predicted octanol–water partition coefficient (Wildman–Crippen LogP) is 3.51. The lowest BCUT2D eigenvalue weighted by molar-refractivity contribution is -0.0506. The highest BCUT2D eigenvalue weighted by Gasteiger charge is 2.12. The van der Waals surface area contributed by atoms with Gasteiger partial charge in [0.15, 0.2) is 0 Å². The minimum atomic E-state index is -0.512. The number of hydroxylamine groups is 2. The summed E-state index contributed by atoms with van der Waals surface area (Å²) in [5.41, 5.74) is 2.38. The summed E-state index contributed by atoms with van der Waals surface area (Å²) >= 11 is 0. The molecule has 0 fully saturated rings. The zero-order chi connectivity index (χ0) is 14.8. The number of hydrogen-bond acceptors (Lipinski definition) is 3. The van der Waals surface area contributed by atoms with Gasteiger partial charge in [0.05, 0.1) is 6.54 Å². The maximum atomic E-state index is 11.5. The van der Waals surface area contributed by atoms with Gasteiger partial charge in [-0.15, -0.1) is 0 Å². The third-order valence-corrected chi connectivity index (χ3v) is 3.34. The Morgan fingerprint density at radius 2 is 1.95 bits per heavy atom. The minimum absolute atomic E-state index is 0.110. The van der Waals surface area contributed by atoms with Crippen LogP contribution in [0.4, 0.5) is 4.79 Å². The SMILES string of the molecule is CCNC(=O)N(O)Cc1ccc2c(c1)oc1ccccc12. The van der Waals surface area contributed by atoms with Crippen LogP contribution < -0.4 is 5.32 Å². The van der Waals surface area contributed by atoms with Crippen molar-refractivity contribution in [2.75, 3.05) is 6.54 Å². The highest BCUT2D eigenvalue weighted by Crippen LogP contribution is 2.29. The molecule has 2 N–H and O–H groups in total. The number of furan rings is 1. The van der Waals surface area contributed by atoms with Crippen molar-refractivity contribution in [1.82, 2.24) is 10.4 Å². The van der Waals surface area contributed by atoms with Crippen LogP contribution >= 0.6 is 0 Å². The third-order valence-electron chi connectivity index (χ3n) is 3.34. The molecule has 1 aromatic heterocycles. The van der Waals surface area contributed by atoms with Crippen molar-refractivity contribution in [2.24, 2.45) is 0 Å². The lowest BCUT2D eigenvalue weighted by atomic mass is 10.1. The minimum Gasteiger partial charge on any atom is -0.456 e. The van der Waals surface area contributed by atoms with E-state index < -0.39 is 6.03 Å². The van der Waals surface area contributed by atoms with E-state index in [1.807, 2.05) is 42.5 Å². The van der Waals surface area contributed by atoms with E-state index in [2.05, 4.69) is 5.32 Å². The van der Waals surface area contributed by atoms with Crippen molar-refractivity contribution in [1.29, 1.82) is 0 Å². The molecule has 5 nitrogen and oxygen atoms in total. The van der Waals surface area contributed by atoms with Crippen LogP contribution in [0.3, 0.4) is 0 Å². The van der Waals surface area contributed by atoms with Crippen LogP contribution in [0.5, 0.6) is 0 Å². The van der Waals surface area contributed by atoms with E-state index in [1.54, 1.807) is 6.92 Å². The number of fused-ring (bicyclic) bond motifs is 3. The van der Waals surface area contributed by atoms with E-state index >= 15 is 0 Å². The molecule has 0 aliphatic carbocycles. The highest BCUT2D eigenvalue weighted by molar-refractivity contribution is 6.04. The van der Waals surface area contributed by atoms with Crippen LogP contribution in [-0.4, -0.2) is 22.8 Å². The molecule has 0 saturated heterocycles. The van der Waals surface area contributed by atoms with E-state index in [9.17, 15) is 10.0 Å². The highest BCUT2D eigenvalue weighted by atomic mass is 16.5. The summed E-state index contributed by atoms with van der Waals surface area (Å²) in [6.45, 7) is 2.38. The van der Waals surface area contributed by atoms with Gasteiger partial charge in [0, 0.05) is 17.3 Å². The molecule has 0 spiro atoms. The number of urea groups is 1. The smallest absolute Gasteiger partial charge is 0.341 e. The van der Waals surface area contributed by atoms with Crippen LogP contribution in [0.1, 0.15) is 12.5 Å². The molecule has 0 bridgehead atoms. The van der Waals surface area contributed by atoms with Crippen molar-refractivity contribution in [3.8, 4) is 0 Å². The van der Waals surface area contributed by atoms with Crippen molar-refractivity contribution in [3.05, 3.63) is 48.0 Å². The Morgan fingerprint density at radius 3 is 2.76 bits per heavy atom. The molecule has 2 amide bonds. The Bertz CT molecular complexity index is 794. The average Bonchev–Trinajstić information content (AvgIpc) is 2.85. The molecular weight excluding hydrogens is 268 g/mol. The zero-order valence-electron chi connectivity index (χ0n) is 11.7. The first-order chi connectivity index (χ1) is 10.2. The first kappa shape index (κ1) is 13.5. The average molecular weight is 284 g/mol. The number of nitrogens with zero attached hydrogens (tertiary/aromatic N) is 1. The number of benzene rings is 2. The lowest BCUT2D eigenvalue weighted by Crippen LogP contribution is -2.36. The van der Waals surface area contributed by atoms with Crippen LogP contribution in [0.25, 0.3) is 21.9 Å². The van der Waals surface area contributed by atoms with E-state index in [-0.39, 0.29) is 6.54 Å². The van der Waals surface area contributed by atoms with Gasteiger partial charge in [-0.2, -0.15) is 0 Å². The van der Waals surface area contributed by atoms with Crippen LogP contribution in [0.2, 0.25) is 0 Å². The summed E-state index contributed by atoms with van der Waals surface area (Å²) in [5.74, 6) is 0. The molecule has 0 unspecified atom stereocenters. The van der Waals surface area contributed by atoms with E-state index in [0.717, 1.165) is 27.5 Å². The fourth-order valence-corrected chi connectivity index (χ4v) is 2.36. The summed E-state index contributed by atoms with van der Waals surface area (Å²) < 4.78 is 5.78. The first-order valence-corrected chi connectivity index (χ1v) is 6.83. The van der Waals surface area contributed by atoms with Crippen LogP contribution in [0, 0.1) is 0 Å². The lowest BCUT2D eigenvalue weighted by Gasteiger charge is -2.15. The zero-order valence-corrected chi connectivity index (χ0v) is 11.7. The van der Waals surface area contributed by atoms with Gasteiger partial charge in [0.25, 0.3) is 0 Å². The topological polar surface area (TPSA) is 65.7 Å². The quantitative estimate of drug-likeness (QED) is 0.571. The molecule has 3 aromatic rings. The molecule has 0 saturated carbocycles. The first-order valence-electron chi connectivity index (χ1n) is 6.83. The Kier molecular flexibility index (Phi) is 3.50. The summed E-state index contributed by atoms with van der Waals surface area (Å²) in [7, 11) is 0. The monoisotopic (exact) mass is 284 g/mol. The third kappa shape index (κ3) is 2.55. The summed E-state index contributed by atoms with van der Waals surface area (Å²) in [6, 6.07) is 13.0. The fourth-order valence-electron chi connectivity index (χ4n) is 2.36. The Labute approximate surface area is 121 Å². The normalized spacial score (nSPS) is 11.0. The second-order valence-corrected chi connectivity index (χ2v) is 4.82. The van der Waals surface area contributed by atoms with Crippen LogP contribution in [0.15, 0.2) is 46.9 Å².